The van der Waals surface area contributed by atoms with Crippen LogP contribution < -0.4 is 54.0 Å². The Morgan fingerprint density at radius 1 is 0.372 bits per heavy atom. The van der Waals surface area contributed by atoms with Crippen molar-refractivity contribution in [1.29, 1.82) is 0 Å². The quantitative estimate of drug-likeness (QED) is 0.0857. The third kappa shape index (κ3) is 21.8. The molecule has 0 saturated carbocycles. The van der Waals surface area contributed by atoms with Gasteiger partial charge in [-0.3, -0.25) is 47.9 Å². The Morgan fingerprint density at radius 3 is 0.977 bits per heavy atom. The van der Waals surface area contributed by atoms with E-state index >= 15 is 0 Å². The molecule has 3 heterocycles. The van der Waals surface area contributed by atoms with Gasteiger partial charge in [0, 0.05) is 25.9 Å². The summed E-state index contributed by atoms with van der Waals surface area (Å²) >= 11 is 0. The average molecular weight is 1200 g/mol. The maximum atomic E-state index is 14.9. The molecule has 0 unspecified atom stereocenters. The monoisotopic (exact) mass is 1200 g/mol. The number of rotatable bonds is 20. The Kier molecular flexibility index (Phi) is 28.4. The number of nitrogens with two attached hydrogens (primary N) is 2. The highest BCUT2D eigenvalue weighted by Gasteiger charge is 2.43. The zero-order valence-corrected chi connectivity index (χ0v) is 52.1. The summed E-state index contributed by atoms with van der Waals surface area (Å²) in [4.78, 5) is 150. The molecule has 10 atom stereocenters. The Balaban J connectivity index is 1.61. The van der Waals surface area contributed by atoms with Crippen molar-refractivity contribution in [3.8, 4) is 0 Å². The van der Waals surface area contributed by atoms with E-state index in [1.165, 1.54) is 9.80 Å². The molecule has 476 valence electrons. The van der Waals surface area contributed by atoms with Crippen molar-refractivity contribution in [3.05, 3.63) is 71.8 Å². The summed E-state index contributed by atoms with van der Waals surface area (Å²) in [6.45, 7) is 16.1. The fourth-order valence-electron chi connectivity index (χ4n) is 11.6. The summed E-state index contributed by atoms with van der Waals surface area (Å²) < 4.78 is 0. The van der Waals surface area contributed by atoms with E-state index in [2.05, 4.69) is 42.5 Å². The second-order valence-electron chi connectivity index (χ2n) is 25.3. The fourth-order valence-corrected chi connectivity index (χ4v) is 11.6. The molecule has 0 bridgehead atoms. The zero-order chi connectivity index (χ0) is 63.0. The van der Waals surface area contributed by atoms with Gasteiger partial charge < -0.3 is 63.8 Å². The normalized spacial score (nSPS) is 25.9. The van der Waals surface area contributed by atoms with E-state index in [1.807, 2.05) is 67.5 Å². The minimum atomic E-state index is -1.24. The second kappa shape index (κ2) is 35.0. The predicted molar refractivity (Wildman–Crippen MR) is 329 cm³/mol. The molecule has 0 aromatic heterocycles. The first kappa shape index (κ1) is 69.8. The molecule has 3 saturated heterocycles. The van der Waals surface area contributed by atoms with Crippen molar-refractivity contribution in [2.75, 3.05) is 26.2 Å². The molecule has 3 fully saturated rings. The molecule has 10 amide bonds. The molecule has 2 aromatic rings. The van der Waals surface area contributed by atoms with Crippen LogP contribution in [0.5, 0.6) is 0 Å². The number of hydrogen-bond acceptors (Lipinski definition) is 12. The Morgan fingerprint density at radius 2 is 0.651 bits per heavy atom. The number of carbonyl (C=O) groups is 10. The summed E-state index contributed by atoms with van der Waals surface area (Å²) in [5.41, 5.74) is 13.2. The van der Waals surface area contributed by atoms with E-state index in [4.69, 9.17) is 11.5 Å². The molecule has 2 aromatic carbocycles. The van der Waals surface area contributed by atoms with Gasteiger partial charge >= 0.3 is 0 Å². The van der Waals surface area contributed by atoms with Gasteiger partial charge in [0.05, 0.1) is 0 Å². The van der Waals surface area contributed by atoms with Crippen molar-refractivity contribution in [3.63, 3.8) is 0 Å². The topological polar surface area (TPSA) is 325 Å². The third-order valence-corrected chi connectivity index (χ3v) is 16.0. The highest BCUT2D eigenvalue weighted by atomic mass is 16.2. The number of amides is 10. The van der Waals surface area contributed by atoms with Gasteiger partial charge in [-0.25, -0.2) is 0 Å². The fraction of sp³-hybridized carbons (Fsp3) is 0.656. The molecule has 0 spiro atoms. The molecule has 0 aliphatic carbocycles. The van der Waals surface area contributed by atoms with Crippen LogP contribution in [0, 0.1) is 23.7 Å². The van der Waals surface area contributed by atoms with Gasteiger partial charge in [-0.2, -0.15) is 0 Å². The van der Waals surface area contributed by atoms with Crippen LogP contribution in [0.15, 0.2) is 60.7 Å². The number of hydrogen-bond donors (Lipinski definition) is 10. The van der Waals surface area contributed by atoms with E-state index in [9.17, 15) is 47.9 Å². The van der Waals surface area contributed by atoms with Gasteiger partial charge in [0.25, 0.3) is 0 Å². The number of fused-ring (bicyclic) bond motifs is 2. The van der Waals surface area contributed by atoms with Crippen LogP contribution >= 0.6 is 0 Å². The lowest BCUT2D eigenvalue weighted by Crippen LogP contribution is -2.61. The standard InChI is InChI=1S/C64H100N12O10/c1-39(2)33-47-57(79)67-45(25-15-17-29-65)55(77)73-51(35-41(5)6)63(85)76-32-20-28-54(76)62(84)72-50(38-44-23-13-10-14-24-44)60(82)70-48(34-40(3)4)58(80)68-46(26-16-18-30-66)56(78)74-52(36-42(7)8)64(86)75-31-19-27-53(75)61(83)71-49(59(81)69-47)37-43-21-11-9-12-22-43/h9-14,21-24,39-42,45-54H,15-20,25-38,65-66H2,1-8H3,(H,67,79)(H,68,80)(H,69,81)(H,70,82)(H,71,83)(H,72,84)(H,73,77)(H,74,78)/t45-,46-,47-,48-,49-,50+,51-,52-,53+,54+/m1/s1. The number of nitrogens with one attached hydrogen (secondary N) is 8. The summed E-state index contributed by atoms with van der Waals surface area (Å²) in [7, 11) is 0. The van der Waals surface area contributed by atoms with Crippen LogP contribution in [-0.2, 0) is 60.8 Å². The van der Waals surface area contributed by atoms with E-state index in [1.54, 1.807) is 48.5 Å². The van der Waals surface area contributed by atoms with Crippen molar-refractivity contribution < 1.29 is 47.9 Å². The zero-order valence-electron chi connectivity index (χ0n) is 52.1. The summed E-state index contributed by atoms with van der Waals surface area (Å²) in [6.07, 6.45) is 4.26. The smallest absolute Gasteiger partial charge is 0.245 e. The SMILES string of the molecule is CC(C)C[C@H]1NC(=O)[C@H](Cc2ccccc2)NC(=O)[C@@H]2CCCN2C(=O)[C@@H](CC(C)C)NC(=O)[C@@H](CCCCN)NC(=O)[C@@H](CC(C)C)NC(=O)[C@@H](Cc2ccccc2)NC(=O)[C@@H]2CCCN2C(=O)[C@@H](CC(C)C)NC(=O)[C@@H](CCCCN)NC1=O. The Labute approximate surface area is 509 Å². The number of nitrogens with zero attached hydrogens (tertiary/aromatic N) is 2. The highest BCUT2D eigenvalue weighted by molar-refractivity contribution is 6.00. The molecule has 22 heteroatoms. The molecule has 22 nitrogen and oxygen atoms in total. The van der Waals surface area contributed by atoms with Crippen molar-refractivity contribution in [1.82, 2.24) is 52.3 Å². The lowest BCUT2D eigenvalue weighted by Gasteiger charge is -2.32. The van der Waals surface area contributed by atoms with Crippen LogP contribution in [0.25, 0.3) is 0 Å². The summed E-state index contributed by atoms with van der Waals surface area (Å²) in [5, 5.41) is 23.3. The van der Waals surface area contributed by atoms with E-state index in [0.717, 1.165) is 0 Å². The first-order chi connectivity index (χ1) is 41.0. The number of benzene rings is 2. The maximum absolute atomic E-state index is 14.9. The molecule has 3 aliphatic rings. The van der Waals surface area contributed by atoms with Crippen molar-refractivity contribution >= 4 is 59.1 Å². The van der Waals surface area contributed by atoms with Gasteiger partial charge in [-0.05, 0) is 138 Å². The first-order valence-corrected chi connectivity index (χ1v) is 31.5. The number of unbranched alkanes of at least 4 members (excludes halogenated alkanes) is 2. The minimum absolute atomic E-state index is 0.0172. The third-order valence-electron chi connectivity index (χ3n) is 16.0. The Bertz CT molecular complexity index is 2390. The predicted octanol–water partition coefficient (Wildman–Crippen LogP) is 2.79. The van der Waals surface area contributed by atoms with Gasteiger partial charge in [0.1, 0.15) is 60.4 Å². The first-order valence-electron chi connectivity index (χ1n) is 31.5. The van der Waals surface area contributed by atoms with Crippen LogP contribution in [-0.4, -0.2) is 155 Å². The van der Waals surface area contributed by atoms with Crippen LogP contribution in [0.1, 0.15) is 156 Å². The van der Waals surface area contributed by atoms with Gasteiger partial charge in [-0.15, -0.1) is 0 Å². The molecule has 86 heavy (non-hydrogen) atoms. The lowest BCUT2D eigenvalue weighted by molar-refractivity contribution is -0.143. The molecule has 12 N–H and O–H groups in total. The van der Waals surface area contributed by atoms with Crippen LogP contribution in [0.3, 0.4) is 0 Å². The lowest BCUT2D eigenvalue weighted by atomic mass is 9.98. The Hall–Kier alpha value is -6.94. The highest BCUT2D eigenvalue weighted by Crippen LogP contribution is 2.24. The van der Waals surface area contributed by atoms with E-state index in [-0.39, 0.29) is 101 Å². The van der Waals surface area contributed by atoms with Gasteiger partial charge in [0.2, 0.25) is 59.1 Å². The molecular formula is C64H100N12O10. The molecule has 3 aliphatic heterocycles. The molecular weight excluding hydrogens is 1100 g/mol. The largest absolute Gasteiger partial charge is 0.343 e. The average Bonchev–Trinajstić information content (AvgIpc) is 2.86. The minimum Gasteiger partial charge on any atom is -0.343 e. The molecule has 5 rings (SSSR count). The maximum Gasteiger partial charge on any atom is 0.245 e. The number of carbonyl (C=O) groups excluding carboxylic acids is 10. The second-order valence-corrected chi connectivity index (χ2v) is 25.3. The molecule has 0 radical (unpaired) electrons. The van der Waals surface area contributed by atoms with E-state index in [0.29, 0.717) is 62.7 Å². The van der Waals surface area contributed by atoms with Crippen molar-refractivity contribution in [2.24, 2.45) is 35.1 Å². The van der Waals surface area contributed by atoms with E-state index < -0.39 is 119 Å². The summed E-state index contributed by atoms with van der Waals surface area (Å²) in [6, 6.07) is 6.47. The van der Waals surface area contributed by atoms with Crippen molar-refractivity contribution in [2.45, 2.75) is 219 Å². The summed E-state index contributed by atoms with van der Waals surface area (Å²) in [5.74, 6) is -6.74. The van der Waals surface area contributed by atoms with Gasteiger partial charge in [0.15, 0.2) is 0 Å². The van der Waals surface area contributed by atoms with Gasteiger partial charge in [-0.1, -0.05) is 116 Å². The van der Waals surface area contributed by atoms with Crippen LogP contribution in [0.2, 0.25) is 0 Å². The van der Waals surface area contributed by atoms with Crippen LogP contribution in [0.4, 0.5) is 0 Å².